The number of sulfonamides is 1. The zero-order valence-electron chi connectivity index (χ0n) is 23.0. The molecule has 0 aliphatic heterocycles. The van der Waals surface area contributed by atoms with Gasteiger partial charge in [0.25, 0.3) is 10.0 Å². The molecule has 0 bridgehead atoms. The van der Waals surface area contributed by atoms with Gasteiger partial charge in [-0.05, 0) is 75.2 Å². The average molecular weight is 659 g/mol. The van der Waals surface area contributed by atoms with Gasteiger partial charge in [0.05, 0.1) is 20.6 Å². The van der Waals surface area contributed by atoms with Crippen LogP contribution in [0.5, 0.6) is 0 Å². The van der Waals surface area contributed by atoms with Crippen LogP contribution in [0.2, 0.25) is 20.1 Å². The Bertz CT molecular complexity index is 1500. The minimum atomic E-state index is -4.26. The minimum Gasteiger partial charge on any atom is -0.352 e. The molecule has 2 amide bonds. The van der Waals surface area contributed by atoms with E-state index in [0.29, 0.717) is 17.0 Å². The Morgan fingerprint density at radius 1 is 0.878 bits per heavy atom. The van der Waals surface area contributed by atoms with Crippen molar-refractivity contribution >= 4 is 73.9 Å². The lowest BCUT2D eigenvalue weighted by atomic mass is 10.1. The number of halogens is 4. The normalized spacial score (nSPS) is 12.9. The third kappa shape index (κ3) is 8.52. The van der Waals surface area contributed by atoms with Crippen molar-refractivity contribution in [3.63, 3.8) is 0 Å². The second kappa shape index (κ2) is 14.1. The largest absolute Gasteiger partial charge is 0.352 e. The van der Waals surface area contributed by atoms with Crippen molar-refractivity contribution < 1.29 is 18.0 Å². The van der Waals surface area contributed by atoms with Crippen LogP contribution in [0.25, 0.3) is 0 Å². The number of aryl methyl sites for hydroxylation is 1. The molecule has 0 aliphatic rings. The molecule has 0 aromatic heterocycles. The quantitative estimate of drug-likeness (QED) is 0.237. The Labute approximate surface area is 261 Å². The van der Waals surface area contributed by atoms with Crippen molar-refractivity contribution in [2.75, 3.05) is 10.8 Å². The summed E-state index contributed by atoms with van der Waals surface area (Å²) in [5.74, 6) is -1.01. The van der Waals surface area contributed by atoms with Gasteiger partial charge in [0, 0.05) is 22.6 Å². The molecule has 0 fully saturated rings. The van der Waals surface area contributed by atoms with E-state index in [4.69, 9.17) is 46.4 Å². The van der Waals surface area contributed by atoms with Gasteiger partial charge in [-0.2, -0.15) is 0 Å². The predicted octanol–water partition coefficient (Wildman–Crippen LogP) is 7.14. The molecule has 3 rings (SSSR count). The molecule has 3 aromatic carbocycles. The summed E-state index contributed by atoms with van der Waals surface area (Å²) in [7, 11) is -4.26. The van der Waals surface area contributed by atoms with Crippen LogP contribution in [0, 0.1) is 6.92 Å². The summed E-state index contributed by atoms with van der Waals surface area (Å²) in [4.78, 5) is 28.4. The van der Waals surface area contributed by atoms with E-state index in [1.54, 1.807) is 37.3 Å². The lowest BCUT2D eigenvalue weighted by Gasteiger charge is -2.32. The van der Waals surface area contributed by atoms with Crippen LogP contribution < -0.4 is 9.62 Å². The molecule has 7 nitrogen and oxygen atoms in total. The fourth-order valence-corrected chi connectivity index (χ4v) is 6.17. The van der Waals surface area contributed by atoms with Gasteiger partial charge in [-0.1, -0.05) is 77.1 Å². The van der Waals surface area contributed by atoms with Gasteiger partial charge in [0.2, 0.25) is 11.8 Å². The number of amides is 2. The maximum absolute atomic E-state index is 14.0. The molecule has 0 spiro atoms. The summed E-state index contributed by atoms with van der Waals surface area (Å²) >= 11 is 24.7. The van der Waals surface area contributed by atoms with E-state index in [1.165, 1.54) is 35.2 Å². The fourth-order valence-electron chi connectivity index (χ4n) is 3.93. The Hall–Kier alpha value is -2.49. The first-order chi connectivity index (χ1) is 19.2. The molecule has 0 saturated heterocycles. The van der Waals surface area contributed by atoms with Crippen LogP contribution in [0.4, 0.5) is 5.69 Å². The van der Waals surface area contributed by atoms with Crippen LogP contribution in [0.3, 0.4) is 0 Å². The molecule has 0 aliphatic carbocycles. The van der Waals surface area contributed by atoms with Crippen molar-refractivity contribution in [3.05, 3.63) is 91.9 Å². The molecule has 3 aromatic rings. The van der Waals surface area contributed by atoms with Crippen LogP contribution in [0.1, 0.15) is 38.3 Å². The summed E-state index contributed by atoms with van der Waals surface area (Å²) in [6.45, 7) is 6.55. The monoisotopic (exact) mass is 657 g/mol. The van der Waals surface area contributed by atoms with Crippen LogP contribution >= 0.6 is 46.4 Å². The number of carbonyl (C=O) groups is 2. The third-order valence-corrected chi connectivity index (χ3v) is 9.49. The summed E-state index contributed by atoms with van der Waals surface area (Å²) in [5, 5.41) is 3.89. The van der Waals surface area contributed by atoms with Crippen LogP contribution in [-0.4, -0.2) is 43.8 Å². The van der Waals surface area contributed by atoms with Gasteiger partial charge in [0.1, 0.15) is 12.6 Å². The SMILES string of the molecule is CC[C@H](C)NC(=O)[C@@H](C)N(Cc1ccc(Cl)c(Cl)c1)C(=O)CN(c1cc(Cl)cc(Cl)c1)S(=O)(=O)c1ccc(C)cc1. The number of rotatable bonds is 11. The Kier molecular flexibility index (Phi) is 11.4. The maximum Gasteiger partial charge on any atom is 0.264 e. The molecule has 2 atom stereocenters. The van der Waals surface area contributed by atoms with E-state index < -0.39 is 28.5 Å². The Morgan fingerprint density at radius 3 is 2.05 bits per heavy atom. The molecule has 0 heterocycles. The highest BCUT2D eigenvalue weighted by Gasteiger charge is 2.33. The van der Waals surface area contributed by atoms with Crippen LogP contribution in [0.15, 0.2) is 65.6 Å². The first-order valence-electron chi connectivity index (χ1n) is 12.8. The predicted molar refractivity (Wildman–Crippen MR) is 167 cm³/mol. The molecule has 0 saturated carbocycles. The fraction of sp³-hybridized carbons (Fsp3) is 0.310. The second-order valence-electron chi connectivity index (χ2n) is 9.72. The van der Waals surface area contributed by atoms with E-state index in [0.717, 1.165) is 9.87 Å². The third-order valence-electron chi connectivity index (χ3n) is 6.53. The van der Waals surface area contributed by atoms with Gasteiger partial charge < -0.3 is 10.2 Å². The van der Waals surface area contributed by atoms with Crippen molar-refractivity contribution in [1.82, 2.24) is 10.2 Å². The first-order valence-corrected chi connectivity index (χ1v) is 15.8. The minimum absolute atomic E-state index is 0.0226. The van der Waals surface area contributed by atoms with E-state index in [-0.39, 0.29) is 44.1 Å². The van der Waals surface area contributed by atoms with Crippen molar-refractivity contribution in [1.29, 1.82) is 0 Å². The number of nitrogens with zero attached hydrogens (tertiary/aromatic N) is 2. The topological polar surface area (TPSA) is 86.8 Å². The van der Waals surface area contributed by atoms with Gasteiger partial charge in [-0.25, -0.2) is 8.42 Å². The van der Waals surface area contributed by atoms with Crippen LogP contribution in [-0.2, 0) is 26.2 Å². The Morgan fingerprint density at radius 2 is 1.49 bits per heavy atom. The summed E-state index contributed by atoms with van der Waals surface area (Å²) in [6.07, 6.45) is 0.692. The van der Waals surface area contributed by atoms with Gasteiger partial charge >= 0.3 is 0 Å². The number of carbonyl (C=O) groups excluding carboxylic acids is 2. The van der Waals surface area contributed by atoms with Gasteiger partial charge in [-0.3, -0.25) is 13.9 Å². The standard InChI is InChI=1S/C29H31Cl4N3O4S/c1-5-19(3)34-29(38)20(4)35(16-21-8-11-26(32)27(33)12-21)28(37)17-36(24-14-22(30)13-23(31)15-24)41(39,40)25-9-6-18(2)7-10-25/h6-15,19-20H,5,16-17H2,1-4H3,(H,34,38)/t19-,20+/m0/s1. The number of hydrogen-bond acceptors (Lipinski definition) is 4. The summed E-state index contributed by atoms with van der Waals surface area (Å²) in [6, 6.07) is 14.3. The lowest BCUT2D eigenvalue weighted by molar-refractivity contribution is -0.139. The summed E-state index contributed by atoms with van der Waals surface area (Å²) < 4.78 is 28.8. The zero-order valence-corrected chi connectivity index (χ0v) is 26.8. The van der Waals surface area contributed by atoms with E-state index in [9.17, 15) is 18.0 Å². The molecular formula is C29H31Cl4N3O4S. The van der Waals surface area contributed by atoms with Gasteiger partial charge in [-0.15, -0.1) is 0 Å². The number of nitrogens with one attached hydrogen (secondary N) is 1. The highest BCUT2D eigenvalue weighted by Crippen LogP contribution is 2.30. The molecule has 220 valence electrons. The molecule has 41 heavy (non-hydrogen) atoms. The number of hydrogen-bond donors (Lipinski definition) is 1. The smallest absolute Gasteiger partial charge is 0.264 e. The molecule has 0 unspecified atom stereocenters. The average Bonchev–Trinajstić information content (AvgIpc) is 2.91. The molecule has 12 heteroatoms. The maximum atomic E-state index is 14.0. The van der Waals surface area contributed by atoms with Gasteiger partial charge in [0.15, 0.2) is 0 Å². The van der Waals surface area contributed by atoms with Crippen molar-refractivity contribution in [2.24, 2.45) is 0 Å². The zero-order chi connectivity index (χ0) is 30.5. The highest BCUT2D eigenvalue weighted by molar-refractivity contribution is 7.92. The molecular weight excluding hydrogens is 628 g/mol. The molecule has 1 N–H and O–H groups in total. The van der Waals surface area contributed by atoms with E-state index in [1.807, 2.05) is 20.8 Å². The van der Waals surface area contributed by atoms with Crippen molar-refractivity contribution in [3.8, 4) is 0 Å². The lowest BCUT2D eigenvalue weighted by Crippen LogP contribution is -2.52. The second-order valence-corrected chi connectivity index (χ2v) is 13.3. The first kappa shape index (κ1) is 33.0. The number of benzene rings is 3. The summed E-state index contributed by atoms with van der Waals surface area (Å²) in [5.41, 5.74) is 1.57. The van der Waals surface area contributed by atoms with E-state index >= 15 is 0 Å². The molecule has 0 radical (unpaired) electrons. The Balaban J connectivity index is 2.07. The number of anilines is 1. The highest BCUT2D eigenvalue weighted by atomic mass is 35.5. The van der Waals surface area contributed by atoms with Crippen molar-refractivity contribution in [2.45, 2.75) is 57.6 Å². The van der Waals surface area contributed by atoms with E-state index in [2.05, 4.69) is 5.32 Å².